The van der Waals surface area contributed by atoms with Crippen LogP contribution in [0.1, 0.15) is 42.6 Å². The van der Waals surface area contributed by atoms with Crippen molar-refractivity contribution in [3.05, 3.63) is 59.2 Å². The predicted octanol–water partition coefficient (Wildman–Crippen LogP) is 3.61. The van der Waals surface area contributed by atoms with Crippen molar-refractivity contribution in [2.24, 2.45) is 0 Å². The van der Waals surface area contributed by atoms with Crippen LogP contribution in [0.5, 0.6) is 0 Å². The van der Waals surface area contributed by atoms with Crippen molar-refractivity contribution in [2.75, 3.05) is 19.2 Å². The molecule has 1 aromatic carbocycles. The fraction of sp³-hybridized carbons (Fsp3) is 0.400. The number of aliphatic hydroxyl groups excluding tert-OH is 1. The van der Waals surface area contributed by atoms with Gasteiger partial charge in [-0.2, -0.15) is 36.0 Å². The Morgan fingerprint density at radius 3 is 2.03 bits per heavy atom. The van der Waals surface area contributed by atoms with Crippen LogP contribution in [-0.2, 0) is 22.7 Å². The van der Waals surface area contributed by atoms with Crippen molar-refractivity contribution in [2.45, 2.75) is 38.0 Å². The fourth-order valence-corrected chi connectivity index (χ4v) is 3.09. The Kier molecular flexibility index (Phi) is 7.06. The highest BCUT2D eigenvalue weighted by atomic mass is 19.4. The van der Waals surface area contributed by atoms with Gasteiger partial charge in [0.2, 0.25) is 0 Å². The number of hydrogen-bond donors (Lipinski definition) is 2. The first-order valence-electron chi connectivity index (χ1n) is 9.91. The average molecular weight is 505 g/mol. The molecular formula is C20H21F6N7O2. The van der Waals surface area contributed by atoms with Crippen LogP contribution in [0, 0.1) is 0 Å². The lowest BCUT2D eigenvalue weighted by molar-refractivity contribution is -0.143. The van der Waals surface area contributed by atoms with E-state index < -0.39 is 40.8 Å². The van der Waals surface area contributed by atoms with Crippen molar-refractivity contribution >= 4 is 5.95 Å². The molecule has 3 rings (SSSR count). The maximum absolute atomic E-state index is 13.2. The second-order valence-electron chi connectivity index (χ2n) is 7.89. The van der Waals surface area contributed by atoms with Crippen LogP contribution in [0.4, 0.5) is 32.3 Å². The summed E-state index contributed by atoms with van der Waals surface area (Å²) in [6.45, 7) is 2.99. The Hall–Kier alpha value is -3.30. The molecule has 1 atom stereocenters. The molecular weight excluding hydrogens is 484 g/mol. The number of halogens is 6. The zero-order chi connectivity index (χ0) is 26.2. The average Bonchev–Trinajstić information content (AvgIpc) is 3.24. The molecule has 2 heterocycles. The van der Waals surface area contributed by atoms with Gasteiger partial charge in [-0.15, -0.1) is 5.10 Å². The third kappa shape index (κ3) is 5.86. The van der Waals surface area contributed by atoms with Crippen LogP contribution in [0.3, 0.4) is 0 Å². The summed E-state index contributed by atoms with van der Waals surface area (Å²) in [5.74, 6) is 0.218. The second kappa shape index (κ2) is 9.39. The van der Waals surface area contributed by atoms with Gasteiger partial charge in [-0.3, -0.25) is 10.2 Å². The Labute approximate surface area is 195 Å². The molecule has 2 aromatic heterocycles. The highest BCUT2D eigenvalue weighted by molar-refractivity contribution is 5.35. The van der Waals surface area contributed by atoms with Crippen molar-refractivity contribution in [3.8, 4) is 5.95 Å². The maximum atomic E-state index is 13.2. The largest absolute Gasteiger partial charge is 0.416 e. The summed E-state index contributed by atoms with van der Waals surface area (Å²) >= 11 is 0. The van der Waals surface area contributed by atoms with Gasteiger partial charge in [-0.25, -0.2) is 15.0 Å². The summed E-state index contributed by atoms with van der Waals surface area (Å²) in [6.07, 6.45) is -9.20. The number of rotatable bonds is 7. The van der Waals surface area contributed by atoms with Gasteiger partial charge in [-0.05, 0) is 43.7 Å². The van der Waals surface area contributed by atoms with Crippen molar-refractivity contribution in [1.82, 2.24) is 30.0 Å². The van der Waals surface area contributed by atoms with Gasteiger partial charge in [-0.1, -0.05) is 0 Å². The third-order valence-corrected chi connectivity index (χ3v) is 4.88. The first-order chi connectivity index (χ1) is 16.1. The van der Waals surface area contributed by atoms with Gasteiger partial charge < -0.3 is 5.11 Å². The number of hydrogen-bond acceptors (Lipinski definition) is 8. The molecule has 2 N–H and O–H groups in total. The molecule has 0 aliphatic carbocycles. The number of hydroxylamine groups is 1. The van der Waals surface area contributed by atoms with E-state index in [9.17, 15) is 31.4 Å². The number of nitrogens with one attached hydrogen (secondary N) is 1. The molecule has 0 saturated heterocycles. The zero-order valence-electron chi connectivity index (χ0n) is 18.8. The van der Waals surface area contributed by atoms with Gasteiger partial charge in [0.15, 0.2) is 5.82 Å². The van der Waals surface area contributed by atoms with E-state index in [0.29, 0.717) is 12.1 Å². The molecule has 0 saturated carbocycles. The molecule has 15 heteroatoms. The van der Waals surface area contributed by atoms with Gasteiger partial charge in [0.1, 0.15) is 6.23 Å². The quantitative estimate of drug-likeness (QED) is 0.285. The Morgan fingerprint density at radius 2 is 1.54 bits per heavy atom. The van der Waals surface area contributed by atoms with E-state index in [4.69, 9.17) is 4.84 Å². The van der Waals surface area contributed by atoms with E-state index in [1.807, 2.05) is 0 Å². The minimum Gasteiger partial charge on any atom is -0.374 e. The summed E-state index contributed by atoms with van der Waals surface area (Å²) in [5, 5.41) is 18.7. The first-order valence-corrected chi connectivity index (χ1v) is 9.91. The van der Waals surface area contributed by atoms with E-state index in [2.05, 4.69) is 25.4 Å². The SMILES string of the molecule is CON(C)c1nc(C(C)(C)NC(O)c2cc(C(F)(F)F)cc(C(F)(F)F)c2)n(-c2ncccn2)n1. The summed E-state index contributed by atoms with van der Waals surface area (Å²) in [7, 11) is 2.87. The molecule has 0 radical (unpaired) electrons. The molecule has 0 aliphatic heterocycles. The summed E-state index contributed by atoms with van der Waals surface area (Å²) in [4.78, 5) is 17.6. The van der Waals surface area contributed by atoms with Crippen LogP contribution in [-0.4, -0.2) is 44.0 Å². The van der Waals surface area contributed by atoms with Crippen LogP contribution in [0.2, 0.25) is 0 Å². The molecule has 9 nitrogen and oxygen atoms in total. The number of aliphatic hydroxyl groups is 1. The molecule has 0 spiro atoms. The molecule has 3 aromatic rings. The first kappa shape index (κ1) is 26.3. The third-order valence-electron chi connectivity index (χ3n) is 4.88. The zero-order valence-corrected chi connectivity index (χ0v) is 18.8. The monoisotopic (exact) mass is 505 g/mol. The molecule has 1 unspecified atom stereocenters. The summed E-state index contributed by atoms with van der Waals surface area (Å²) < 4.78 is 80.6. The van der Waals surface area contributed by atoms with Crippen LogP contribution < -0.4 is 10.4 Å². The van der Waals surface area contributed by atoms with E-state index >= 15 is 0 Å². The number of benzene rings is 1. The van der Waals surface area contributed by atoms with Crippen molar-refractivity contribution < 1.29 is 36.3 Å². The topological polar surface area (TPSA) is 101 Å². The van der Waals surface area contributed by atoms with E-state index in [1.165, 1.54) is 50.1 Å². The van der Waals surface area contributed by atoms with Crippen LogP contribution >= 0.6 is 0 Å². The van der Waals surface area contributed by atoms with E-state index in [1.54, 1.807) is 6.07 Å². The molecule has 0 bridgehead atoms. The minimum absolute atomic E-state index is 0.0163. The molecule has 0 aliphatic rings. The van der Waals surface area contributed by atoms with Crippen molar-refractivity contribution in [3.63, 3.8) is 0 Å². The number of alkyl halides is 6. The Bertz CT molecular complexity index is 1130. The smallest absolute Gasteiger partial charge is 0.374 e. The van der Waals surface area contributed by atoms with Gasteiger partial charge in [0.25, 0.3) is 11.9 Å². The highest BCUT2D eigenvalue weighted by Crippen LogP contribution is 2.37. The minimum atomic E-state index is -5.06. The Balaban J connectivity index is 2.04. The Morgan fingerprint density at radius 1 is 1.00 bits per heavy atom. The molecule has 0 fully saturated rings. The fourth-order valence-electron chi connectivity index (χ4n) is 3.09. The summed E-state index contributed by atoms with van der Waals surface area (Å²) in [5.41, 5.74) is -5.11. The maximum Gasteiger partial charge on any atom is 0.416 e. The van der Waals surface area contributed by atoms with E-state index in [-0.39, 0.29) is 23.8 Å². The van der Waals surface area contributed by atoms with E-state index in [0.717, 1.165) is 0 Å². The normalized spacial score (nSPS) is 13.7. The molecule has 0 amide bonds. The number of aromatic nitrogens is 5. The second-order valence-corrected chi connectivity index (χ2v) is 7.89. The highest BCUT2D eigenvalue weighted by Gasteiger charge is 2.38. The number of anilines is 1. The number of nitrogens with zero attached hydrogens (tertiary/aromatic N) is 6. The standard InChI is InChI=1S/C20H21F6N7O2/c1-18(2,15-29-17(32(3)35-4)31-33(15)16-27-6-5-7-28-16)30-14(34)11-8-12(19(21,22)23)10-13(9-11)20(24,25)26/h5-10,14,30,34H,1-4H3. The lowest BCUT2D eigenvalue weighted by Gasteiger charge is -2.29. The van der Waals surface area contributed by atoms with Crippen LogP contribution in [0.25, 0.3) is 5.95 Å². The molecule has 190 valence electrons. The predicted molar refractivity (Wildman–Crippen MR) is 110 cm³/mol. The van der Waals surface area contributed by atoms with Gasteiger partial charge in [0, 0.05) is 19.4 Å². The van der Waals surface area contributed by atoms with Gasteiger partial charge in [0.05, 0.1) is 23.8 Å². The lowest BCUT2D eigenvalue weighted by atomic mass is 10.00. The van der Waals surface area contributed by atoms with Crippen LogP contribution in [0.15, 0.2) is 36.7 Å². The van der Waals surface area contributed by atoms with Gasteiger partial charge >= 0.3 is 12.4 Å². The lowest BCUT2D eigenvalue weighted by Crippen LogP contribution is -2.41. The summed E-state index contributed by atoms with van der Waals surface area (Å²) in [6, 6.07) is 2.43. The molecule has 35 heavy (non-hydrogen) atoms. The van der Waals surface area contributed by atoms with Crippen molar-refractivity contribution in [1.29, 1.82) is 0 Å².